The Morgan fingerprint density at radius 2 is 2.21 bits per heavy atom. The molecule has 1 aromatic carbocycles. The Morgan fingerprint density at radius 3 is 3.05 bits per heavy atom. The fourth-order valence-electron chi connectivity index (χ4n) is 2.66. The molecule has 0 bridgehead atoms. The van der Waals surface area contributed by atoms with Gasteiger partial charge in [0.05, 0.1) is 12.1 Å². The van der Waals surface area contributed by atoms with Gasteiger partial charge in [-0.1, -0.05) is 40.5 Å². The van der Waals surface area contributed by atoms with Crippen LogP contribution in [0, 0.1) is 5.82 Å². The van der Waals surface area contributed by atoms with Gasteiger partial charge in [0.15, 0.2) is 5.17 Å². The van der Waals surface area contributed by atoms with E-state index in [9.17, 15) is 4.39 Å². The van der Waals surface area contributed by atoms with Crippen molar-refractivity contribution in [2.75, 3.05) is 0 Å². The lowest BCUT2D eigenvalue weighted by Gasteiger charge is -2.23. The summed E-state index contributed by atoms with van der Waals surface area (Å²) in [7, 11) is 0. The summed E-state index contributed by atoms with van der Waals surface area (Å²) in [6.07, 6.45) is 4.98. The highest BCUT2D eigenvalue weighted by Gasteiger charge is 2.30. The Hall–Kier alpha value is -0.550. The van der Waals surface area contributed by atoms with E-state index in [0.717, 1.165) is 15.2 Å². The van der Waals surface area contributed by atoms with E-state index in [1.165, 1.54) is 31.7 Å². The standard InChI is InChI=1S/C14H16BrFN2S/c15-10-5-6-11(16)9(7-10)8-19-14-17-12-3-1-2-4-13(12)18-14/h5-7,12-13H,1-4,8H2,(H,17,18)/t12-,13-/m0/s1. The maximum atomic E-state index is 13.6. The molecule has 2 atom stereocenters. The van der Waals surface area contributed by atoms with Crippen LogP contribution < -0.4 is 5.32 Å². The van der Waals surface area contributed by atoms with E-state index in [1.807, 2.05) is 6.07 Å². The first-order valence-electron chi connectivity index (χ1n) is 6.63. The SMILES string of the molecule is Fc1ccc(Br)cc1CSC1=N[C@H]2CCCC[C@@H]2N1. The molecule has 2 nitrogen and oxygen atoms in total. The Bertz CT molecular complexity index is 506. The zero-order valence-corrected chi connectivity index (χ0v) is 12.9. The minimum absolute atomic E-state index is 0.147. The molecule has 0 unspecified atom stereocenters. The van der Waals surface area contributed by atoms with Gasteiger partial charge in [0.25, 0.3) is 0 Å². The van der Waals surface area contributed by atoms with Crippen LogP contribution in [0.1, 0.15) is 31.2 Å². The molecular formula is C14H16BrFN2S. The Morgan fingerprint density at radius 1 is 1.37 bits per heavy atom. The van der Waals surface area contributed by atoms with Gasteiger partial charge in [-0.3, -0.25) is 4.99 Å². The lowest BCUT2D eigenvalue weighted by molar-refractivity contribution is 0.385. The quantitative estimate of drug-likeness (QED) is 0.875. The van der Waals surface area contributed by atoms with Crippen molar-refractivity contribution < 1.29 is 4.39 Å². The fourth-order valence-corrected chi connectivity index (χ4v) is 4.03. The van der Waals surface area contributed by atoms with Gasteiger partial charge in [-0.2, -0.15) is 0 Å². The Kier molecular flexibility index (Phi) is 4.12. The average molecular weight is 343 g/mol. The summed E-state index contributed by atoms with van der Waals surface area (Å²) in [4.78, 5) is 4.71. The van der Waals surface area contributed by atoms with Crippen molar-refractivity contribution in [2.24, 2.45) is 4.99 Å². The molecule has 0 spiro atoms. The van der Waals surface area contributed by atoms with Crippen molar-refractivity contribution in [3.63, 3.8) is 0 Å². The highest BCUT2D eigenvalue weighted by Crippen LogP contribution is 2.28. The molecule has 1 aliphatic heterocycles. The molecule has 0 radical (unpaired) electrons. The predicted octanol–water partition coefficient (Wildman–Crippen LogP) is 4.09. The van der Waals surface area contributed by atoms with E-state index in [2.05, 4.69) is 21.2 Å². The van der Waals surface area contributed by atoms with Crippen molar-refractivity contribution in [1.29, 1.82) is 0 Å². The zero-order chi connectivity index (χ0) is 13.2. The molecule has 0 amide bonds. The van der Waals surface area contributed by atoms with E-state index in [4.69, 9.17) is 4.99 Å². The van der Waals surface area contributed by atoms with Crippen LogP contribution in [-0.2, 0) is 5.75 Å². The fraction of sp³-hybridized carbons (Fsp3) is 0.500. The number of nitrogens with zero attached hydrogens (tertiary/aromatic N) is 1. The monoisotopic (exact) mass is 342 g/mol. The molecule has 2 aliphatic rings. The molecule has 1 saturated carbocycles. The number of halogens is 2. The smallest absolute Gasteiger partial charge is 0.157 e. The first kappa shape index (κ1) is 13.4. The second-order valence-electron chi connectivity index (χ2n) is 5.06. The van der Waals surface area contributed by atoms with Gasteiger partial charge in [0.1, 0.15) is 5.82 Å². The number of amidine groups is 1. The maximum absolute atomic E-state index is 13.6. The minimum atomic E-state index is -0.147. The van der Waals surface area contributed by atoms with Crippen LogP contribution in [0.15, 0.2) is 27.7 Å². The summed E-state index contributed by atoms with van der Waals surface area (Å²) in [5.74, 6) is 0.475. The Labute approximate surface area is 125 Å². The van der Waals surface area contributed by atoms with Crippen LogP contribution in [0.4, 0.5) is 4.39 Å². The number of aliphatic imine (C=N–C) groups is 1. The molecular weight excluding hydrogens is 327 g/mol. The van der Waals surface area contributed by atoms with Crippen molar-refractivity contribution >= 4 is 32.9 Å². The van der Waals surface area contributed by atoms with Crippen molar-refractivity contribution in [2.45, 2.75) is 43.5 Å². The predicted molar refractivity (Wildman–Crippen MR) is 82.0 cm³/mol. The van der Waals surface area contributed by atoms with Gasteiger partial charge in [-0.25, -0.2) is 4.39 Å². The highest BCUT2D eigenvalue weighted by atomic mass is 79.9. The topological polar surface area (TPSA) is 24.4 Å². The van der Waals surface area contributed by atoms with Gasteiger partial charge in [-0.15, -0.1) is 0 Å². The van der Waals surface area contributed by atoms with E-state index in [0.29, 0.717) is 17.8 Å². The summed E-state index contributed by atoms with van der Waals surface area (Å²) in [6, 6.07) is 6.03. The second kappa shape index (κ2) is 5.83. The first-order chi connectivity index (χ1) is 9.22. The van der Waals surface area contributed by atoms with Crippen LogP contribution >= 0.6 is 27.7 Å². The molecule has 0 saturated heterocycles. The molecule has 19 heavy (non-hydrogen) atoms. The summed E-state index contributed by atoms with van der Waals surface area (Å²) >= 11 is 4.98. The van der Waals surface area contributed by atoms with Gasteiger partial charge in [0.2, 0.25) is 0 Å². The van der Waals surface area contributed by atoms with E-state index < -0.39 is 0 Å². The van der Waals surface area contributed by atoms with Crippen molar-refractivity contribution in [1.82, 2.24) is 5.32 Å². The lowest BCUT2D eigenvalue weighted by Crippen LogP contribution is -2.36. The number of hydrogen-bond donors (Lipinski definition) is 1. The van der Waals surface area contributed by atoms with Crippen LogP contribution in [0.5, 0.6) is 0 Å². The minimum Gasteiger partial charge on any atom is -0.360 e. The third-order valence-electron chi connectivity index (χ3n) is 3.69. The van der Waals surface area contributed by atoms with Crippen molar-refractivity contribution in [3.8, 4) is 0 Å². The number of rotatable bonds is 2. The van der Waals surface area contributed by atoms with Crippen LogP contribution in [0.3, 0.4) is 0 Å². The Balaban J connectivity index is 1.62. The molecule has 0 aromatic heterocycles. The van der Waals surface area contributed by atoms with Crippen LogP contribution in [0.2, 0.25) is 0 Å². The summed E-state index contributed by atoms with van der Waals surface area (Å²) in [6.45, 7) is 0. The highest BCUT2D eigenvalue weighted by molar-refractivity contribution is 9.10. The van der Waals surface area contributed by atoms with Gasteiger partial charge >= 0.3 is 0 Å². The third kappa shape index (κ3) is 3.14. The molecule has 3 rings (SSSR count). The number of benzene rings is 1. The normalized spacial score (nSPS) is 25.7. The van der Waals surface area contributed by atoms with Crippen LogP contribution in [0.25, 0.3) is 0 Å². The average Bonchev–Trinajstić information content (AvgIpc) is 2.82. The van der Waals surface area contributed by atoms with Crippen molar-refractivity contribution in [3.05, 3.63) is 34.1 Å². The molecule has 1 heterocycles. The largest absolute Gasteiger partial charge is 0.360 e. The molecule has 1 aromatic rings. The lowest BCUT2D eigenvalue weighted by atomic mass is 9.92. The maximum Gasteiger partial charge on any atom is 0.157 e. The number of nitrogens with one attached hydrogen (secondary N) is 1. The molecule has 102 valence electrons. The third-order valence-corrected chi connectivity index (χ3v) is 5.14. The second-order valence-corrected chi connectivity index (χ2v) is 6.94. The van der Waals surface area contributed by atoms with Gasteiger partial charge in [-0.05, 0) is 36.6 Å². The molecule has 5 heteroatoms. The zero-order valence-electron chi connectivity index (χ0n) is 10.5. The van der Waals surface area contributed by atoms with Gasteiger partial charge in [0, 0.05) is 10.2 Å². The summed E-state index contributed by atoms with van der Waals surface area (Å²) < 4.78 is 14.6. The first-order valence-corrected chi connectivity index (χ1v) is 8.41. The number of thioether (sulfide) groups is 1. The van der Waals surface area contributed by atoms with Crippen LogP contribution in [-0.4, -0.2) is 17.3 Å². The summed E-state index contributed by atoms with van der Waals surface area (Å²) in [5.41, 5.74) is 0.721. The summed E-state index contributed by atoms with van der Waals surface area (Å²) in [5, 5.41) is 4.46. The molecule has 1 aliphatic carbocycles. The number of hydrogen-bond acceptors (Lipinski definition) is 3. The van der Waals surface area contributed by atoms with E-state index >= 15 is 0 Å². The molecule has 1 fully saturated rings. The molecule has 1 N–H and O–H groups in total. The van der Waals surface area contributed by atoms with Gasteiger partial charge < -0.3 is 5.32 Å². The van der Waals surface area contributed by atoms with E-state index in [-0.39, 0.29) is 5.82 Å². The van der Waals surface area contributed by atoms with E-state index in [1.54, 1.807) is 17.8 Å². The number of fused-ring (bicyclic) bond motifs is 1.